The van der Waals surface area contributed by atoms with Crippen molar-refractivity contribution >= 4 is 46.5 Å². The second-order valence-electron chi connectivity index (χ2n) is 8.62. The van der Waals surface area contributed by atoms with Crippen molar-refractivity contribution in [1.29, 1.82) is 0 Å². The molecule has 2 aromatic carbocycles. The maximum absolute atomic E-state index is 12.8. The normalized spacial score (nSPS) is 11.3. The minimum atomic E-state index is -1.36. The number of carboxylic acid groups (broad SMARTS) is 1. The van der Waals surface area contributed by atoms with E-state index < -0.39 is 18.0 Å². The zero-order chi connectivity index (χ0) is 27.1. The molecule has 1 heterocycles. The third-order valence-electron chi connectivity index (χ3n) is 5.61. The number of nitrogens with zero attached hydrogens (tertiary/aromatic N) is 2. The van der Waals surface area contributed by atoms with Crippen LogP contribution in [0, 0.1) is 0 Å². The summed E-state index contributed by atoms with van der Waals surface area (Å²) in [6.07, 6.45) is -1.31. The highest BCUT2D eigenvalue weighted by molar-refractivity contribution is 7.13. The number of benzene rings is 2. The summed E-state index contributed by atoms with van der Waals surface area (Å²) in [6.45, 7) is -0.181. The van der Waals surface area contributed by atoms with E-state index in [1.54, 1.807) is 55.8 Å². The van der Waals surface area contributed by atoms with E-state index in [2.05, 4.69) is 10.6 Å². The Bertz CT molecular complexity index is 1280. The number of rotatable bonds is 9. The Morgan fingerprint density at radius 3 is 2.32 bits per heavy atom. The van der Waals surface area contributed by atoms with Crippen LogP contribution < -0.4 is 16.4 Å². The predicted molar refractivity (Wildman–Crippen MR) is 144 cm³/mol. The van der Waals surface area contributed by atoms with Gasteiger partial charge < -0.3 is 31.3 Å². The number of hydrogen-bond acceptors (Lipinski definition) is 6. The molecule has 0 aliphatic rings. The van der Waals surface area contributed by atoms with Crippen LogP contribution in [-0.2, 0) is 16.0 Å². The van der Waals surface area contributed by atoms with Gasteiger partial charge in [-0.2, -0.15) is 0 Å². The molecule has 3 aromatic rings. The van der Waals surface area contributed by atoms with Crippen molar-refractivity contribution in [2.45, 2.75) is 12.5 Å². The molecule has 3 rings (SSSR count). The number of anilines is 2. The Balaban J connectivity index is 1.70. The molecule has 1 atom stereocenters. The van der Waals surface area contributed by atoms with Gasteiger partial charge in [-0.05, 0) is 46.8 Å². The molecule has 0 aliphatic heterocycles. The number of nitrogens with two attached hydrogens (primary N) is 1. The third-order valence-corrected chi connectivity index (χ3v) is 6.53. The Hall–Kier alpha value is -4.38. The van der Waals surface area contributed by atoms with Crippen molar-refractivity contribution in [3.63, 3.8) is 0 Å². The molecule has 0 bridgehead atoms. The lowest BCUT2D eigenvalue weighted by atomic mass is 10.0. The SMILES string of the molecule is CN(C)C(=O)CN(C)C(=O)[C@H](Cc1ccc(C(=O)Nc2cc(-c3cccs3)ccc2N)cc1)NC(=O)O. The second-order valence-corrected chi connectivity index (χ2v) is 9.57. The van der Waals surface area contributed by atoms with Crippen LogP contribution in [0.3, 0.4) is 0 Å². The standard InChI is InChI=1S/C26H29N5O5S/c1-30(2)23(32)15-31(3)25(34)21(29-26(35)36)13-16-6-8-17(9-7-16)24(33)28-20-14-18(10-11-19(20)27)22-5-4-12-37-22/h4-12,14,21,29H,13,15,27H2,1-3H3,(H,28,33)(H,35,36)/t21-/m0/s1. The van der Waals surface area contributed by atoms with Crippen molar-refractivity contribution in [3.8, 4) is 10.4 Å². The highest BCUT2D eigenvalue weighted by atomic mass is 32.1. The van der Waals surface area contributed by atoms with Gasteiger partial charge >= 0.3 is 6.09 Å². The van der Waals surface area contributed by atoms with Crippen molar-refractivity contribution < 1.29 is 24.3 Å². The smallest absolute Gasteiger partial charge is 0.405 e. The Labute approximate surface area is 218 Å². The van der Waals surface area contributed by atoms with Crippen molar-refractivity contribution in [1.82, 2.24) is 15.1 Å². The molecule has 0 saturated carbocycles. The summed E-state index contributed by atoms with van der Waals surface area (Å²) in [6, 6.07) is 14.8. The van der Waals surface area contributed by atoms with Gasteiger partial charge in [0.2, 0.25) is 11.8 Å². The Kier molecular flexibility index (Phi) is 8.86. The lowest BCUT2D eigenvalue weighted by Crippen LogP contribution is -2.50. The van der Waals surface area contributed by atoms with Crippen LogP contribution in [-0.4, -0.2) is 72.5 Å². The average molecular weight is 524 g/mol. The lowest BCUT2D eigenvalue weighted by molar-refractivity contribution is -0.139. The fourth-order valence-corrected chi connectivity index (χ4v) is 4.24. The van der Waals surface area contributed by atoms with Crippen molar-refractivity contribution in [3.05, 3.63) is 71.1 Å². The first-order valence-corrected chi connectivity index (χ1v) is 12.2. The quantitative estimate of drug-likeness (QED) is 0.317. The van der Waals surface area contributed by atoms with Gasteiger partial charge in [-0.25, -0.2) is 4.79 Å². The molecule has 1 aromatic heterocycles. The summed E-state index contributed by atoms with van der Waals surface area (Å²) >= 11 is 1.58. The topological polar surface area (TPSA) is 145 Å². The first-order valence-electron chi connectivity index (χ1n) is 11.3. The average Bonchev–Trinajstić information content (AvgIpc) is 3.39. The minimum Gasteiger partial charge on any atom is -0.465 e. The number of nitrogen functional groups attached to an aromatic ring is 1. The fraction of sp³-hybridized carbons (Fsp3) is 0.231. The van der Waals surface area contributed by atoms with Crippen LogP contribution in [0.5, 0.6) is 0 Å². The lowest BCUT2D eigenvalue weighted by Gasteiger charge is -2.24. The van der Waals surface area contributed by atoms with E-state index in [1.807, 2.05) is 29.6 Å². The number of carbonyl (C=O) groups excluding carboxylic acids is 3. The van der Waals surface area contributed by atoms with Gasteiger partial charge in [-0.15, -0.1) is 11.3 Å². The molecule has 37 heavy (non-hydrogen) atoms. The number of hydrogen-bond donors (Lipinski definition) is 4. The molecule has 0 unspecified atom stereocenters. The minimum absolute atomic E-state index is 0.0450. The molecule has 0 aliphatic carbocycles. The number of nitrogens with one attached hydrogen (secondary N) is 2. The summed E-state index contributed by atoms with van der Waals surface area (Å²) in [5.74, 6) is -1.19. The third kappa shape index (κ3) is 7.31. The molecule has 11 heteroatoms. The molecule has 10 nitrogen and oxygen atoms in total. The van der Waals surface area contributed by atoms with E-state index in [1.165, 1.54) is 16.8 Å². The van der Waals surface area contributed by atoms with Gasteiger partial charge in [0.1, 0.15) is 6.04 Å². The summed E-state index contributed by atoms with van der Waals surface area (Å²) in [4.78, 5) is 52.5. The van der Waals surface area contributed by atoms with Crippen LogP contribution in [0.4, 0.5) is 16.2 Å². The zero-order valence-corrected chi connectivity index (χ0v) is 21.5. The maximum Gasteiger partial charge on any atom is 0.405 e. The van der Waals surface area contributed by atoms with Gasteiger partial charge in [0.05, 0.1) is 17.9 Å². The predicted octanol–water partition coefficient (Wildman–Crippen LogP) is 2.97. The molecule has 0 spiro atoms. The van der Waals surface area contributed by atoms with Gasteiger partial charge in [-0.1, -0.05) is 24.3 Å². The number of thiophene rings is 1. The van der Waals surface area contributed by atoms with Gasteiger partial charge in [0, 0.05) is 38.0 Å². The molecule has 0 fully saturated rings. The molecule has 5 N–H and O–H groups in total. The van der Waals surface area contributed by atoms with E-state index >= 15 is 0 Å². The number of likely N-dealkylation sites (N-methyl/N-ethyl adjacent to an activating group) is 2. The van der Waals surface area contributed by atoms with Gasteiger partial charge in [0.15, 0.2) is 0 Å². The van der Waals surface area contributed by atoms with Gasteiger partial charge in [-0.3, -0.25) is 14.4 Å². The monoisotopic (exact) mass is 523 g/mol. The summed E-state index contributed by atoms with van der Waals surface area (Å²) in [5, 5.41) is 16.2. The summed E-state index contributed by atoms with van der Waals surface area (Å²) in [5.41, 5.74) is 8.93. The van der Waals surface area contributed by atoms with Crippen LogP contribution in [0.1, 0.15) is 15.9 Å². The number of carbonyl (C=O) groups is 4. The van der Waals surface area contributed by atoms with Crippen LogP contribution in [0.25, 0.3) is 10.4 Å². The largest absolute Gasteiger partial charge is 0.465 e. The van der Waals surface area contributed by atoms with E-state index in [9.17, 15) is 24.3 Å². The highest BCUT2D eigenvalue weighted by Crippen LogP contribution is 2.30. The molecule has 0 radical (unpaired) electrons. The van der Waals surface area contributed by atoms with E-state index in [4.69, 9.17) is 5.73 Å². The Morgan fingerprint density at radius 1 is 1.03 bits per heavy atom. The molecular formula is C26H29N5O5S. The van der Waals surface area contributed by atoms with E-state index in [0.29, 0.717) is 22.5 Å². The first kappa shape index (κ1) is 27.2. The van der Waals surface area contributed by atoms with Crippen LogP contribution in [0.2, 0.25) is 0 Å². The highest BCUT2D eigenvalue weighted by Gasteiger charge is 2.26. The van der Waals surface area contributed by atoms with Crippen molar-refractivity contribution in [2.24, 2.45) is 0 Å². The van der Waals surface area contributed by atoms with E-state index in [-0.39, 0.29) is 24.8 Å². The molecular weight excluding hydrogens is 494 g/mol. The molecule has 4 amide bonds. The van der Waals surface area contributed by atoms with Crippen molar-refractivity contribution in [2.75, 3.05) is 38.7 Å². The molecule has 0 saturated heterocycles. The van der Waals surface area contributed by atoms with E-state index in [0.717, 1.165) is 10.4 Å². The summed E-state index contributed by atoms with van der Waals surface area (Å²) < 4.78 is 0. The number of amides is 4. The Morgan fingerprint density at radius 2 is 1.73 bits per heavy atom. The zero-order valence-electron chi connectivity index (χ0n) is 20.7. The maximum atomic E-state index is 12.8. The molecule has 194 valence electrons. The second kappa shape index (κ2) is 12.0. The van der Waals surface area contributed by atoms with Gasteiger partial charge in [0.25, 0.3) is 5.91 Å². The first-order chi connectivity index (χ1) is 17.5. The fourth-order valence-electron chi connectivity index (χ4n) is 3.52. The summed E-state index contributed by atoms with van der Waals surface area (Å²) in [7, 11) is 4.58. The van der Waals surface area contributed by atoms with Crippen LogP contribution in [0.15, 0.2) is 60.0 Å². The van der Waals surface area contributed by atoms with Crippen LogP contribution >= 0.6 is 11.3 Å².